The largest absolute Gasteiger partial charge is 0.385 e. The van der Waals surface area contributed by atoms with Crippen LogP contribution in [0, 0.1) is 5.92 Å². The van der Waals surface area contributed by atoms with Gasteiger partial charge in [0.05, 0.1) is 25.6 Å². The van der Waals surface area contributed by atoms with Crippen molar-refractivity contribution in [3.8, 4) is 0 Å². The lowest BCUT2D eigenvalue weighted by Gasteiger charge is -2.20. The fraction of sp³-hybridized carbons (Fsp3) is 0.600. The standard InChI is InChI=1S/C15H25N8O5P/c1-18-12-11-13(22-15(17)21-12)23(7-19-11)14-9(5-16)4-10(28-14)6-27-29(26,8-25)20-2-3-24/h3,7,9-10,14,25H,2,4-6,8,16H2,1H3,(H,20,26)(H3,17,18,21,22)/t9-,10+,14-,29-/m1/s1. The van der Waals surface area contributed by atoms with Gasteiger partial charge in [-0.15, -0.1) is 0 Å². The summed E-state index contributed by atoms with van der Waals surface area (Å²) in [6.45, 7) is 0.108. The average molecular weight is 428 g/mol. The Labute approximate surface area is 166 Å². The number of hydrogen-bond acceptors (Lipinski definition) is 11. The number of ether oxygens (including phenoxy) is 1. The predicted molar refractivity (Wildman–Crippen MR) is 105 cm³/mol. The Morgan fingerprint density at radius 3 is 2.97 bits per heavy atom. The predicted octanol–water partition coefficient (Wildman–Crippen LogP) is -0.739. The molecule has 7 N–H and O–H groups in total. The van der Waals surface area contributed by atoms with Gasteiger partial charge in [-0.05, 0) is 13.0 Å². The van der Waals surface area contributed by atoms with Gasteiger partial charge >= 0.3 is 0 Å². The second kappa shape index (κ2) is 9.11. The van der Waals surface area contributed by atoms with E-state index in [2.05, 4.69) is 25.4 Å². The zero-order chi connectivity index (χ0) is 21.0. The summed E-state index contributed by atoms with van der Waals surface area (Å²) < 4.78 is 25.5. The molecule has 0 aliphatic carbocycles. The van der Waals surface area contributed by atoms with Crippen molar-refractivity contribution < 1.29 is 23.7 Å². The Kier molecular flexibility index (Phi) is 6.77. The number of aliphatic hydroxyl groups excluding tert-OH is 1. The summed E-state index contributed by atoms with van der Waals surface area (Å²) in [5.41, 5.74) is 12.8. The topological polar surface area (TPSA) is 193 Å². The number of nitrogen functional groups attached to an aromatic ring is 1. The Hall–Kier alpha value is -2.15. The lowest BCUT2D eigenvalue weighted by Crippen LogP contribution is -2.22. The summed E-state index contributed by atoms with van der Waals surface area (Å²) in [6, 6.07) is 0. The monoisotopic (exact) mass is 428 g/mol. The zero-order valence-electron chi connectivity index (χ0n) is 15.9. The summed E-state index contributed by atoms with van der Waals surface area (Å²) in [4.78, 5) is 23.2. The van der Waals surface area contributed by atoms with Gasteiger partial charge in [0.1, 0.15) is 18.9 Å². The molecule has 0 aromatic carbocycles. The summed E-state index contributed by atoms with van der Waals surface area (Å²) >= 11 is 0. The lowest BCUT2D eigenvalue weighted by molar-refractivity contribution is -0.107. The Morgan fingerprint density at radius 1 is 1.52 bits per heavy atom. The van der Waals surface area contributed by atoms with Gasteiger partial charge in [-0.25, -0.2) is 10.1 Å². The molecule has 4 atom stereocenters. The van der Waals surface area contributed by atoms with Crippen molar-refractivity contribution in [1.29, 1.82) is 0 Å². The van der Waals surface area contributed by atoms with Gasteiger partial charge in [0.2, 0.25) is 5.95 Å². The van der Waals surface area contributed by atoms with Gasteiger partial charge < -0.3 is 35.9 Å². The van der Waals surface area contributed by atoms with Crippen molar-refractivity contribution in [3.05, 3.63) is 6.33 Å². The van der Waals surface area contributed by atoms with E-state index in [-0.39, 0.29) is 25.0 Å². The number of aliphatic hydroxyl groups is 1. The lowest BCUT2D eigenvalue weighted by atomic mass is 10.0. The van der Waals surface area contributed by atoms with Gasteiger partial charge in [0.25, 0.3) is 7.52 Å². The average Bonchev–Trinajstić information content (AvgIpc) is 3.33. The summed E-state index contributed by atoms with van der Waals surface area (Å²) in [5, 5.41) is 14.6. The molecule has 29 heavy (non-hydrogen) atoms. The normalized spacial score (nSPS) is 23.9. The third-order valence-corrected chi connectivity index (χ3v) is 6.23. The number of aldehydes is 1. The molecule has 1 aliphatic rings. The smallest absolute Gasteiger partial charge is 0.295 e. The Balaban J connectivity index is 1.78. The van der Waals surface area contributed by atoms with Crippen LogP contribution in [-0.4, -0.2) is 70.1 Å². The minimum absolute atomic E-state index is 0.0395. The number of aromatic nitrogens is 4. The molecule has 14 heteroatoms. The first-order valence-corrected chi connectivity index (χ1v) is 10.8. The number of anilines is 2. The molecule has 0 saturated carbocycles. The molecule has 1 fully saturated rings. The van der Waals surface area contributed by atoms with Gasteiger partial charge in [-0.3, -0.25) is 9.13 Å². The number of carbonyl (C=O) groups is 1. The fourth-order valence-electron chi connectivity index (χ4n) is 3.24. The number of hydrogen-bond donors (Lipinski definition) is 5. The third kappa shape index (κ3) is 4.55. The molecule has 2 aromatic heterocycles. The highest BCUT2D eigenvalue weighted by atomic mass is 31.2. The SMILES string of the molecule is CNc1nc(N)nc2c1ncn2[C@@H]1O[C@H](CO[P@](=O)(CO)NCC=O)C[C@@H]1CN. The maximum absolute atomic E-state index is 12.4. The zero-order valence-corrected chi connectivity index (χ0v) is 16.8. The fourth-order valence-corrected chi connectivity index (χ4v) is 4.27. The molecule has 0 unspecified atom stereocenters. The van der Waals surface area contributed by atoms with Crippen molar-refractivity contribution >= 4 is 36.7 Å². The van der Waals surface area contributed by atoms with Crippen molar-refractivity contribution in [2.45, 2.75) is 18.8 Å². The third-order valence-electron chi connectivity index (χ3n) is 4.62. The molecule has 3 rings (SSSR count). The van der Waals surface area contributed by atoms with E-state index >= 15 is 0 Å². The van der Waals surface area contributed by atoms with Gasteiger partial charge in [-0.2, -0.15) is 9.97 Å². The molecular formula is C15H25N8O5P. The minimum atomic E-state index is -3.54. The summed E-state index contributed by atoms with van der Waals surface area (Å²) in [7, 11) is -1.83. The number of nitrogens with two attached hydrogens (primary N) is 2. The number of rotatable bonds is 10. The molecule has 160 valence electrons. The number of carbonyl (C=O) groups excluding carboxylic acids is 1. The van der Waals surface area contributed by atoms with Crippen LogP contribution in [0.25, 0.3) is 11.2 Å². The van der Waals surface area contributed by atoms with Crippen LogP contribution in [0.3, 0.4) is 0 Å². The van der Waals surface area contributed by atoms with E-state index in [0.717, 1.165) is 0 Å². The highest BCUT2D eigenvalue weighted by molar-refractivity contribution is 7.56. The van der Waals surface area contributed by atoms with Crippen molar-refractivity contribution in [3.63, 3.8) is 0 Å². The molecule has 13 nitrogen and oxygen atoms in total. The van der Waals surface area contributed by atoms with Crippen molar-refractivity contribution in [2.75, 3.05) is 44.1 Å². The van der Waals surface area contributed by atoms with E-state index in [1.807, 2.05) is 0 Å². The number of nitrogens with zero attached hydrogens (tertiary/aromatic N) is 4. The van der Waals surface area contributed by atoms with Crippen LogP contribution in [0.4, 0.5) is 11.8 Å². The number of imidazole rings is 1. The van der Waals surface area contributed by atoms with Crippen LogP contribution < -0.4 is 21.9 Å². The molecule has 0 amide bonds. The second-order valence-corrected chi connectivity index (χ2v) is 8.73. The summed E-state index contributed by atoms with van der Waals surface area (Å²) in [5.74, 6) is 0.515. The van der Waals surface area contributed by atoms with Crippen LogP contribution in [0.1, 0.15) is 12.6 Å². The molecule has 0 spiro atoms. The quantitative estimate of drug-likeness (QED) is 0.235. The Bertz CT molecular complexity index is 908. The maximum atomic E-state index is 12.4. The van der Waals surface area contributed by atoms with Crippen LogP contribution in [-0.2, 0) is 18.6 Å². The van der Waals surface area contributed by atoms with Gasteiger partial charge in [-0.1, -0.05) is 0 Å². The van der Waals surface area contributed by atoms with E-state index in [0.29, 0.717) is 36.2 Å². The van der Waals surface area contributed by atoms with E-state index in [9.17, 15) is 14.5 Å². The van der Waals surface area contributed by atoms with Crippen LogP contribution in [0.2, 0.25) is 0 Å². The Morgan fingerprint density at radius 2 is 2.31 bits per heavy atom. The highest BCUT2D eigenvalue weighted by Crippen LogP contribution is 2.43. The molecular weight excluding hydrogens is 403 g/mol. The molecule has 1 aliphatic heterocycles. The summed E-state index contributed by atoms with van der Waals surface area (Å²) in [6.07, 6.45) is 1.03. The van der Waals surface area contributed by atoms with E-state index in [1.54, 1.807) is 17.9 Å². The molecule has 2 aromatic rings. The van der Waals surface area contributed by atoms with E-state index < -0.39 is 26.2 Å². The second-order valence-electron chi connectivity index (χ2n) is 6.52. The van der Waals surface area contributed by atoms with Crippen molar-refractivity contribution in [2.24, 2.45) is 11.7 Å². The van der Waals surface area contributed by atoms with E-state index in [4.69, 9.17) is 20.7 Å². The number of fused-ring (bicyclic) bond motifs is 1. The molecule has 0 bridgehead atoms. The van der Waals surface area contributed by atoms with E-state index in [1.165, 1.54) is 0 Å². The van der Waals surface area contributed by atoms with Crippen LogP contribution in [0.15, 0.2) is 6.33 Å². The van der Waals surface area contributed by atoms with Crippen molar-refractivity contribution in [1.82, 2.24) is 24.6 Å². The number of nitrogens with one attached hydrogen (secondary N) is 2. The first-order chi connectivity index (χ1) is 13.9. The molecule has 1 saturated heterocycles. The minimum Gasteiger partial charge on any atom is -0.385 e. The van der Waals surface area contributed by atoms with Crippen LogP contribution >= 0.6 is 7.52 Å². The van der Waals surface area contributed by atoms with Gasteiger partial charge in [0, 0.05) is 13.0 Å². The highest BCUT2D eigenvalue weighted by Gasteiger charge is 2.38. The maximum Gasteiger partial charge on any atom is 0.295 e. The first-order valence-electron chi connectivity index (χ1n) is 9.01. The molecule has 0 radical (unpaired) electrons. The van der Waals surface area contributed by atoms with Gasteiger partial charge in [0.15, 0.2) is 17.0 Å². The van der Waals surface area contributed by atoms with Crippen LogP contribution in [0.5, 0.6) is 0 Å². The first kappa shape index (κ1) is 21.6. The molecule has 3 heterocycles.